The molecular weight excluding hydrogens is 328 g/mol. The van der Waals surface area contributed by atoms with E-state index >= 15 is 0 Å². The van der Waals surface area contributed by atoms with Gasteiger partial charge in [-0.1, -0.05) is 46.3 Å². The van der Waals surface area contributed by atoms with E-state index in [0.717, 1.165) is 28.7 Å². The number of hydrogen-bond donors (Lipinski definition) is 0. The smallest absolute Gasteiger partial charge is 0.262 e. The summed E-state index contributed by atoms with van der Waals surface area (Å²) in [6.45, 7) is 0. The van der Waals surface area contributed by atoms with E-state index in [0.29, 0.717) is 5.39 Å². The molecular formula is C17H13BrN2O. The Morgan fingerprint density at radius 2 is 1.95 bits per heavy atom. The van der Waals surface area contributed by atoms with E-state index < -0.39 is 0 Å². The molecule has 0 N–H and O–H groups in total. The van der Waals surface area contributed by atoms with Gasteiger partial charge in [-0.15, -0.1) is 0 Å². The van der Waals surface area contributed by atoms with Crippen LogP contribution in [0.5, 0.6) is 0 Å². The molecule has 1 aliphatic heterocycles. The number of nitrogens with zero attached hydrogens (tertiary/aromatic N) is 2. The van der Waals surface area contributed by atoms with E-state index in [2.05, 4.69) is 33.0 Å². The normalized spacial score (nSPS) is 17.1. The number of aromatic nitrogens is 2. The summed E-state index contributed by atoms with van der Waals surface area (Å²) in [5, 5.41) is 0.677. The van der Waals surface area contributed by atoms with Crippen molar-refractivity contribution in [3.8, 4) is 0 Å². The molecule has 1 unspecified atom stereocenters. The second-order valence-electron chi connectivity index (χ2n) is 5.33. The summed E-state index contributed by atoms with van der Waals surface area (Å²) in [6, 6.07) is 16.0. The second-order valence-corrected chi connectivity index (χ2v) is 6.25. The molecule has 0 radical (unpaired) electrons. The van der Waals surface area contributed by atoms with Crippen molar-refractivity contribution in [2.24, 2.45) is 0 Å². The molecule has 2 heterocycles. The van der Waals surface area contributed by atoms with Gasteiger partial charge >= 0.3 is 0 Å². The maximum absolute atomic E-state index is 12.9. The van der Waals surface area contributed by atoms with Crippen LogP contribution in [0.15, 0.2) is 57.8 Å². The van der Waals surface area contributed by atoms with Crippen LogP contribution in [0.25, 0.3) is 10.9 Å². The zero-order valence-electron chi connectivity index (χ0n) is 11.3. The zero-order chi connectivity index (χ0) is 14.4. The third-order valence-electron chi connectivity index (χ3n) is 4.07. The molecule has 0 amide bonds. The van der Waals surface area contributed by atoms with Gasteiger partial charge in [0.25, 0.3) is 5.56 Å². The number of aryl methyl sites for hydroxylation is 1. The van der Waals surface area contributed by atoms with Gasteiger partial charge in [0.2, 0.25) is 0 Å². The maximum atomic E-state index is 12.9. The van der Waals surface area contributed by atoms with Crippen molar-refractivity contribution >= 4 is 26.8 Å². The molecule has 4 heteroatoms. The fourth-order valence-corrected chi connectivity index (χ4v) is 3.46. The number of rotatable bonds is 1. The molecule has 2 aromatic carbocycles. The number of hydrogen-bond acceptors (Lipinski definition) is 2. The lowest BCUT2D eigenvalue weighted by Gasteiger charge is -2.15. The summed E-state index contributed by atoms with van der Waals surface area (Å²) in [7, 11) is 0. The Morgan fingerprint density at radius 3 is 2.76 bits per heavy atom. The van der Waals surface area contributed by atoms with Crippen molar-refractivity contribution in [2.75, 3.05) is 0 Å². The number of halogens is 1. The van der Waals surface area contributed by atoms with Gasteiger partial charge in [-0.05, 0) is 30.2 Å². The molecule has 4 rings (SSSR count). The second kappa shape index (κ2) is 4.81. The van der Waals surface area contributed by atoms with Crippen LogP contribution >= 0.6 is 15.9 Å². The Kier molecular flexibility index (Phi) is 2.93. The monoisotopic (exact) mass is 340 g/mol. The maximum Gasteiger partial charge on any atom is 0.262 e. The zero-order valence-corrected chi connectivity index (χ0v) is 12.9. The van der Waals surface area contributed by atoms with E-state index in [1.807, 2.05) is 41.0 Å². The predicted octanol–water partition coefficient (Wildman–Crippen LogP) is 3.69. The van der Waals surface area contributed by atoms with Gasteiger partial charge in [0, 0.05) is 10.9 Å². The van der Waals surface area contributed by atoms with E-state index in [1.54, 1.807) is 0 Å². The molecule has 1 aliphatic rings. The summed E-state index contributed by atoms with van der Waals surface area (Å²) in [6.07, 6.45) is 1.78. The predicted molar refractivity (Wildman–Crippen MR) is 86.6 cm³/mol. The highest BCUT2D eigenvalue weighted by molar-refractivity contribution is 9.10. The SMILES string of the molecule is O=c1c2cc(Br)ccc2nc2n1C(c1ccccc1)CC2. The summed E-state index contributed by atoms with van der Waals surface area (Å²) < 4.78 is 2.77. The van der Waals surface area contributed by atoms with Crippen molar-refractivity contribution < 1.29 is 0 Å². The molecule has 104 valence electrons. The van der Waals surface area contributed by atoms with Gasteiger partial charge in [0.15, 0.2) is 0 Å². The van der Waals surface area contributed by atoms with Crippen LogP contribution in [0.4, 0.5) is 0 Å². The number of benzene rings is 2. The van der Waals surface area contributed by atoms with Crippen molar-refractivity contribution in [3.05, 3.63) is 74.7 Å². The molecule has 0 saturated heterocycles. The largest absolute Gasteiger partial charge is 0.288 e. The average Bonchev–Trinajstić information content (AvgIpc) is 2.93. The standard InChI is InChI=1S/C17H13BrN2O/c18-12-6-7-14-13(10-12)17(21)20-15(8-9-16(20)19-14)11-4-2-1-3-5-11/h1-7,10,15H,8-9H2. The van der Waals surface area contributed by atoms with Crippen molar-refractivity contribution in [1.82, 2.24) is 9.55 Å². The number of fused-ring (bicyclic) bond motifs is 2. The molecule has 0 aliphatic carbocycles. The topological polar surface area (TPSA) is 34.9 Å². The molecule has 0 bridgehead atoms. The molecule has 3 nitrogen and oxygen atoms in total. The van der Waals surface area contributed by atoms with Crippen LogP contribution in [0.3, 0.4) is 0 Å². The average molecular weight is 341 g/mol. The van der Waals surface area contributed by atoms with Crippen LogP contribution in [-0.2, 0) is 6.42 Å². The van der Waals surface area contributed by atoms with Crippen LogP contribution < -0.4 is 5.56 Å². The lowest BCUT2D eigenvalue weighted by molar-refractivity contribution is 0.601. The Bertz CT molecular complexity index is 886. The van der Waals surface area contributed by atoms with Crippen molar-refractivity contribution in [1.29, 1.82) is 0 Å². The molecule has 1 aromatic heterocycles. The minimum atomic E-state index is 0.0580. The highest BCUT2D eigenvalue weighted by Gasteiger charge is 2.26. The van der Waals surface area contributed by atoms with Crippen LogP contribution in [0.2, 0.25) is 0 Å². The first kappa shape index (κ1) is 12.8. The molecule has 0 saturated carbocycles. The minimum Gasteiger partial charge on any atom is -0.288 e. The molecule has 0 spiro atoms. The Balaban J connectivity index is 1.98. The van der Waals surface area contributed by atoms with E-state index in [-0.39, 0.29) is 11.6 Å². The van der Waals surface area contributed by atoms with E-state index in [1.165, 1.54) is 5.56 Å². The fourth-order valence-electron chi connectivity index (χ4n) is 3.10. The van der Waals surface area contributed by atoms with E-state index in [4.69, 9.17) is 0 Å². The lowest BCUT2D eigenvalue weighted by atomic mass is 10.1. The van der Waals surface area contributed by atoms with Gasteiger partial charge in [-0.3, -0.25) is 9.36 Å². The fraction of sp³-hybridized carbons (Fsp3) is 0.176. The Hall–Kier alpha value is -1.94. The van der Waals surface area contributed by atoms with Gasteiger partial charge in [-0.2, -0.15) is 0 Å². The summed E-state index contributed by atoms with van der Waals surface area (Å²) in [5.41, 5.74) is 2.01. The summed E-state index contributed by atoms with van der Waals surface area (Å²) in [5.74, 6) is 0.892. The molecule has 0 fully saturated rings. The lowest BCUT2D eigenvalue weighted by Crippen LogP contribution is -2.25. The van der Waals surface area contributed by atoms with E-state index in [9.17, 15) is 4.79 Å². The highest BCUT2D eigenvalue weighted by atomic mass is 79.9. The first-order valence-corrected chi connectivity index (χ1v) is 7.79. The molecule has 1 atom stereocenters. The van der Waals surface area contributed by atoms with Crippen LogP contribution in [0, 0.1) is 0 Å². The first-order chi connectivity index (χ1) is 10.2. The Morgan fingerprint density at radius 1 is 1.14 bits per heavy atom. The third kappa shape index (κ3) is 2.02. The van der Waals surface area contributed by atoms with Crippen molar-refractivity contribution in [3.63, 3.8) is 0 Å². The van der Waals surface area contributed by atoms with Gasteiger partial charge in [0.1, 0.15) is 5.82 Å². The van der Waals surface area contributed by atoms with Gasteiger partial charge in [-0.25, -0.2) is 4.98 Å². The quantitative estimate of drug-likeness (QED) is 0.677. The van der Waals surface area contributed by atoms with Crippen LogP contribution in [-0.4, -0.2) is 9.55 Å². The molecule has 3 aromatic rings. The highest BCUT2D eigenvalue weighted by Crippen LogP contribution is 2.30. The first-order valence-electron chi connectivity index (χ1n) is 6.99. The van der Waals surface area contributed by atoms with Crippen molar-refractivity contribution in [2.45, 2.75) is 18.9 Å². The van der Waals surface area contributed by atoms with Gasteiger partial charge in [0.05, 0.1) is 16.9 Å². The Labute approximate surface area is 130 Å². The minimum absolute atomic E-state index is 0.0580. The summed E-state index contributed by atoms with van der Waals surface area (Å²) in [4.78, 5) is 17.5. The third-order valence-corrected chi connectivity index (χ3v) is 4.57. The van der Waals surface area contributed by atoms with Crippen LogP contribution in [0.1, 0.15) is 23.9 Å². The summed E-state index contributed by atoms with van der Waals surface area (Å²) >= 11 is 3.43. The molecule has 21 heavy (non-hydrogen) atoms. The van der Waals surface area contributed by atoms with Gasteiger partial charge < -0.3 is 0 Å².